The Morgan fingerprint density at radius 1 is 0.914 bits per heavy atom. The van der Waals surface area contributed by atoms with E-state index in [0.29, 0.717) is 17.3 Å². The van der Waals surface area contributed by atoms with Gasteiger partial charge in [-0.05, 0) is 36.4 Å². The third-order valence-corrected chi connectivity index (χ3v) is 5.56. The Hall–Kier alpha value is -4.80. The molecule has 11 heteroatoms. The van der Waals surface area contributed by atoms with Crippen LogP contribution in [0.15, 0.2) is 76.4 Å². The highest BCUT2D eigenvalue weighted by molar-refractivity contribution is 5.84. The maximum Gasteiger partial charge on any atom is 0.278 e. The first kappa shape index (κ1) is 20.8. The Labute approximate surface area is 193 Å². The van der Waals surface area contributed by atoms with Gasteiger partial charge in [0.1, 0.15) is 40.5 Å². The van der Waals surface area contributed by atoms with Crippen LogP contribution in [0.25, 0.3) is 39.5 Å². The van der Waals surface area contributed by atoms with E-state index in [0.717, 1.165) is 6.07 Å². The Bertz CT molecular complexity index is 1790. The van der Waals surface area contributed by atoms with Crippen LogP contribution in [0.1, 0.15) is 5.69 Å². The van der Waals surface area contributed by atoms with Crippen LogP contribution in [0.4, 0.5) is 13.2 Å². The molecule has 0 atom stereocenters. The summed E-state index contributed by atoms with van der Waals surface area (Å²) in [5, 5.41) is 3.84. The number of fused-ring (bicyclic) bond motifs is 3. The molecule has 0 saturated heterocycles. The predicted octanol–water partition coefficient (Wildman–Crippen LogP) is 4.23. The molecule has 0 amide bonds. The summed E-state index contributed by atoms with van der Waals surface area (Å²) >= 11 is 0. The van der Waals surface area contributed by atoms with Gasteiger partial charge < -0.3 is 4.52 Å². The highest BCUT2D eigenvalue weighted by Crippen LogP contribution is 2.27. The van der Waals surface area contributed by atoms with E-state index in [4.69, 9.17) is 4.52 Å². The fraction of sp³-hybridized carbons (Fsp3) is 0.0417. The van der Waals surface area contributed by atoms with Crippen molar-refractivity contribution in [2.75, 3.05) is 0 Å². The number of halogens is 3. The van der Waals surface area contributed by atoms with Crippen molar-refractivity contribution >= 4 is 16.6 Å². The van der Waals surface area contributed by atoms with Crippen LogP contribution in [0.3, 0.4) is 0 Å². The molecule has 4 aromatic heterocycles. The van der Waals surface area contributed by atoms with Gasteiger partial charge in [-0.2, -0.15) is 4.98 Å². The second-order valence-electron chi connectivity index (χ2n) is 7.68. The van der Waals surface area contributed by atoms with Gasteiger partial charge in [-0.3, -0.25) is 18.7 Å². The van der Waals surface area contributed by atoms with Crippen molar-refractivity contribution in [2.24, 2.45) is 0 Å². The zero-order chi connectivity index (χ0) is 24.1. The minimum Gasteiger partial charge on any atom is -0.333 e. The molecule has 0 fully saturated rings. The van der Waals surface area contributed by atoms with E-state index < -0.39 is 23.0 Å². The number of hydrogen-bond acceptors (Lipinski definition) is 6. The molecule has 0 N–H and O–H groups in total. The average Bonchev–Trinajstić information content (AvgIpc) is 3.50. The van der Waals surface area contributed by atoms with E-state index in [1.807, 2.05) is 0 Å². The molecule has 2 aromatic carbocycles. The third kappa shape index (κ3) is 3.36. The summed E-state index contributed by atoms with van der Waals surface area (Å²) in [6.45, 7) is 0.0104. The average molecular weight is 474 g/mol. The van der Waals surface area contributed by atoms with Crippen molar-refractivity contribution in [3.05, 3.63) is 101 Å². The molecule has 0 aliphatic heterocycles. The van der Waals surface area contributed by atoms with Gasteiger partial charge in [-0.15, -0.1) is 0 Å². The minimum atomic E-state index is -0.880. The van der Waals surface area contributed by atoms with Crippen molar-refractivity contribution in [3.8, 4) is 23.0 Å². The first-order valence-corrected chi connectivity index (χ1v) is 10.4. The van der Waals surface area contributed by atoms with Crippen LogP contribution >= 0.6 is 0 Å². The van der Waals surface area contributed by atoms with Crippen LogP contribution in [0, 0.1) is 17.5 Å². The zero-order valence-corrected chi connectivity index (χ0v) is 17.7. The first-order valence-electron chi connectivity index (χ1n) is 10.4. The summed E-state index contributed by atoms with van der Waals surface area (Å²) in [5.74, 6) is -2.50. The minimum absolute atomic E-state index is 0.0104. The standard InChI is InChI=1S/C24H13F3N6O2/c25-13-7-8-15(17(27)10-13)23-30-22(31-35-23)19-21-24(34)32(11-14-4-1-2-9-28-14)20-16(26)5-3-6-18(20)33(21)12-29-19/h1-10,12H,11H2. The maximum atomic E-state index is 14.9. The maximum absolute atomic E-state index is 14.9. The van der Waals surface area contributed by atoms with E-state index in [9.17, 15) is 18.0 Å². The smallest absolute Gasteiger partial charge is 0.278 e. The number of hydrogen-bond donors (Lipinski definition) is 0. The first-order chi connectivity index (χ1) is 17.0. The van der Waals surface area contributed by atoms with Gasteiger partial charge in [-0.1, -0.05) is 17.3 Å². The van der Waals surface area contributed by atoms with Crippen molar-refractivity contribution < 1.29 is 17.7 Å². The quantitative estimate of drug-likeness (QED) is 0.380. The number of rotatable bonds is 4. The second kappa shape index (κ2) is 7.90. The fourth-order valence-corrected chi connectivity index (χ4v) is 3.99. The number of aromatic nitrogens is 6. The van der Waals surface area contributed by atoms with E-state index >= 15 is 0 Å². The molecule has 0 bridgehead atoms. The molecule has 8 nitrogen and oxygen atoms in total. The topological polar surface area (TPSA) is 91.1 Å². The highest BCUT2D eigenvalue weighted by atomic mass is 19.1. The Balaban J connectivity index is 1.58. The molecule has 35 heavy (non-hydrogen) atoms. The van der Waals surface area contributed by atoms with E-state index in [1.165, 1.54) is 33.5 Å². The molecule has 6 rings (SSSR count). The molecule has 6 aromatic rings. The van der Waals surface area contributed by atoms with Gasteiger partial charge in [-0.25, -0.2) is 18.2 Å². The number of imidazole rings is 1. The molecule has 0 radical (unpaired) electrons. The largest absolute Gasteiger partial charge is 0.333 e. The van der Waals surface area contributed by atoms with E-state index in [1.54, 1.807) is 30.5 Å². The number of para-hydroxylation sites is 1. The van der Waals surface area contributed by atoms with Gasteiger partial charge in [0.05, 0.1) is 23.3 Å². The summed E-state index contributed by atoms with van der Waals surface area (Å²) in [6.07, 6.45) is 2.94. The molecule has 0 aliphatic rings. The second-order valence-corrected chi connectivity index (χ2v) is 7.68. The summed E-state index contributed by atoms with van der Waals surface area (Å²) in [5.41, 5.74) is 0.510. The molecular weight excluding hydrogens is 461 g/mol. The van der Waals surface area contributed by atoms with Crippen molar-refractivity contribution in [3.63, 3.8) is 0 Å². The molecule has 172 valence electrons. The molecule has 0 unspecified atom stereocenters. The van der Waals surface area contributed by atoms with Crippen LogP contribution in [-0.4, -0.2) is 29.1 Å². The SMILES string of the molecule is O=c1c2c(-c3noc(-c4ccc(F)cc4F)n3)ncn2c2cccc(F)c2n1Cc1ccccn1. The van der Waals surface area contributed by atoms with Gasteiger partial charge in [0.15, 0.2) is 0 Å². The number of pyridine rings is 1. The summed E-state index contributed by atoms with van der Waals surface area (Å²) in [6, 6.07) is 12.6. The lowest BCUT2D eigenvalue weighted by Crippen LogP contribution is -2.24. The fourth-order valence-electron chi connectivity index (χ4n) is 3.99. The summed E-state index contributed by atoms with van der Waals surface area (Å²) < 4.78 is 50.3. The molecule has 0 spiro atoms. The van der Waals surface area contributed by atoms with Crippen LogP contribution in [0.5, 0.6) is 0 Å². The van der Waals surface area contributed by atoms with E-state index in [2.05, 4.69) is 20.1 Å². The monoisotopic (exact) mass is 474 g/mol. The lowest BCUT2D eigenvalue weighted by Gasteiger charge is -2.13. The molecule has 0 saturated carbocycles. The Kier molecular flexibility index (Phi) is 4.69. The van der Waals surface area contributed by atoms with Crippen LogP contribution in [0.2, 0.25) is 0 Å². The molecular formula is C24H13F3N6O2. The van der Waals surface area contributed by atoms with Crippen LogP contribution in [-0.2, 0) is 6.54 Å². The van der Waals surface area contributed by atoms with Gasteiger partial charge in [0.25, 0.3) is 11.4 Å². The third-order valence-electron chi connectivity index (χ3n) is 5.56. The Morgan fingerprint density at radius 3 is 2.60 bits per heavy atom. The van der Waals surface area contributed by atoms with E-state index in [-0.39, 0.29) is 40.6 Å². The lowest BCUT2D eigenvalue weighted by molar-refractivity contribution is 0.429. The predicted molar refractivity (Wildman–Crippen MR) is 119 cm³/mol. The zero-order valence-electron chi connectivity index (χ0n) is 17.7. The normalized spacial score (nSPS) is 11.5. The highest BCUT2D eigenvalue weighted by Gasteiger charge is 2.23. The van der Waals surface area contributed by atoms with Gasteiger partial charge in [0, 0.05) is 12.3 Å². The van der Waals surface area contributed by atoms with Crippen molar-refractivity contribution in [1.29, 1.82) is 0 Å². The van der Waals surface area contributed by atoms with Crippen molar-refractivity contribution in [2.45, 2.75) is 6.54 Å². The van der Waals surface area contributed by atoms with Crippen molar-refractivity contribution in [1.82, 2.24) is 29.1 Å². The number of nitrogens with zero attached hydrogens (tertiary/aromatic N) is 6. The molecule has 0 aliphatic carbocycles. The lowest BCUT2D eigenvalue weighted by atomic mass is 10.2. The van der Waals surface area contributed by atoms with Crippen LogP contribution < -0.4 is 5.56 Å². The number of benzene rings is 2. The van der Waals surface area contributed by atoms with Gasteiger partial charge >= 0.3 is 0 Å². The molecule has 4 heterocycles. The summed E-state index contributed by atoms with van der Waals surface area (Å²) in [4.78, 5) is 26.3. The Morgan fingerprint density at radius 2 is 1.80 bits per heavy atom. The van der Waals surface area contributed by atoms with Gasteiger partial charge in [0.2, 0.25) is 5.82 Å². The summed E-state index contributed by atoms with van der Waals surface area (Å²) in [7, 11) is 0.